The van der Waals surface area contributed by atoms with E-state index in [9.17, 15) is 9.59 Å². The van der Waals surface area contributed by atoms with E-state index < -0.39 is 0 Å². The number of rotatable bonds is 3. The molecule has 0 radical (unpaired) electrons. The summed E-state index contributed by atoms with van der Waals surface area (Å²) in [6.07, 6.45) is 0. The van der Waals surface area contributed by atoms with E-state index in [1.807, 2.05) is 6.07 Å². The molecule has 0 saturated heterocycles. The Balaban J connectivity index is 1.98. The number of H-pyrrole nitrogens is 1. The van der Waals surface area contributed by atoms with Gasteiger partial charge < -0.3 is 5.32 Å². The van der Waals surface area contributed by atoms with Crippen molar-refractivity contribution in [3.05, 3.63) is 69.8 Å². The zero-order chi connectivity index (χ0) is 16.4. The number of anilines is 1. The highest BCUT2D eigenvalue weighted by Gasteiger charge is 2.14. The highest BCUT2D eigenvalue weighted by molar-refractivity contribution is 6.03. The van der Waals surface area contributed by atoms with Gasteiger partial charge in [-0.2, -0.15) is 9.78 Å². The zero-order valence-electron chi connectivity index (χ0n) is 12.7. The first-order valence-electron chi connectivity index (χ1n) is 7.04. The predicted molar refractivity (Wildman–Crippen MR) is 85.8 cm³/mol. The third kappa shape index (κ3) is 3.18. The Morgan fingerprint density at radius 2 is 1.87 bits per heavy atom. The number of aromatic nitrogens is 4. The van der Waals surface area contributed by atoms with Gasteiger partial charge in [0.1, 0.15) is 5.82 Å². The normalized spacial score (nSPS) is 10.5. The predicted octanol–water partition coefficient (Wildman–Crippen LogP) is 1.82. The average Bonchev–Trinajstić information content (AvgIpc) is 2.88. The van der Waals surface area contributed by atoms with Crippen LogP contribution in [0.5, 0.6) is 0 Å². The molecule has 0 aliphatic heterocycles. The molecule has 23 heavy (non-hydrogen) atoms. The van der Waals surface area contributed by atoms with Gasteiger partial charge in [-0.05, 0) is 26.0 Å². The van der Waals surface area contributed by atoms with Gasteiger partial charge in [-0.15, -0.1) is 0 Å². The third-order valence-corrected chi connectivity index (χ3v) is 3.17. The molecule has 2 heterocycles. The fourth-order valence-corrected chi connectivity index (χ4v) is 2.19. The minimum absolute atomic E-state index is 0.256. The number of nitrogens with one attached hydrogen (secondary N) is 2. The first-order valence-corrected chi connectivity index (χ1v) is 7.04. The average molecular weight is 309 g/mol. The number of amides is 1. The van der Waals surface area contributed by atoms with Gasteiger partial charge in [0.05, 0.1) is 5.69 Å². The smallest absolute Gasteiger partial charge is 0.256 e. The lowest BCUT2D eigenvalue weighted by atomic mass is 10.2. The molecule has 0 aliphatic rings. The summed E-state index contributed by atoms with van der Waals surface area (Å²) in [6.45, 7) is 3.51. The summed E-state index contributed by atoms with van der Waals surface area (Å²) in [5, 5.41) is 7.06. The van der Waals surface area contributed by atoms with E-state index in [4.69, 9.17) is 0 Å². The van der Waals surface area contributed by atoms with Crippen LogP contribution in [0.4, 0.5) is 5.82 Å². The Hall–Kier alpha value is -3.22. The Morgan fingerprint density at radius 3 is 2.57 bits per heavy atom. The summed E-state index contributed by atoms with van der Waals surface area (Å²) in [6, 6.07) is 12.0. The van der Waals surface area contributed by atoms with E-state index in [1.54, 1.807) is 44.2 Å². The molecule has 116 valence electrons. The van der Waals surface area contributed by atoms with Crippen LogP contribution in [-0.4, -0.2) is 25.7 Å². The van der Waals surface area contributed by atoms with Crippen LogP contribution in [0.1, 0.15) is 21.7 Å². The SMILES string of the molecule is Cc1cc(=O)[nH]c(-n2nc(C)cc2NC(=O)c2ccccc2)n1. The number of benzene rings is 1. The molecule has 0 fully saturated rings. The molecule has 2 N–H and O–H groups in total. The minimum atomic E-state index is -0.277. The van der Waals surface area contributed by atoms with Crippen molar-refractivity contribution < 1.29 is 4.79 Å². The van der Waals surface area contributed by atoms with Crippen molar-refractivity contribution >= 4 is 11.7 Å². The van der Waals surface area contributed by atoms with Crippen LogP contribution in [0.2, 0.25) is 0 Å². The van der Waals surface area contributed by atoms with E-state index in [1.165, 1.54) is 10.7 Å². The number of nitrogens with zero attached hydrogens (tertiary/aromatic N) is 3. The highest BCUT2D eigenvalue weighted by atomic mass is 16.1. The maximum atomic E-state index is 12.3. The molecule has 0 saturated carbocycles. The lowest BCUT2D eigenvalue weighted by Gasteiger charge is -2.08. The van der Waals surface area contributed by atoms with E-state index in [0.717, 1.165) is 0 Å². The molecule has 1 amide bonds. The lowest BCUT2D eigenvalue weighted by molar-refractivity contribution is 0.102. The summed E-state index contributed by atoms with van der Waals surface area (Å²) in [4.78, 5) is 30.8. The zero-order valence-corrected chi connectivity index (χ0v) is 12.7. The summed E-state index contributed by atoms with van der Waals surface area (Å²) in [5.74, 6) is 0.429. The largest absolute Gasteiger partial charge is 0.306 e. The van der Waals surface area contributed by atoms with Crippen molar-refractivity contribution in [2.45, 2.75) is 13.8 Å². The molecule has 0 bridgehead atoms. The van der Waals surface area contributed by atoms with Crippen LogP contribution in [-0.2, 0) is 0 Å². The van der Waals surface area contributed by atoms with Crippen molar-refractivity contribution in [2.24, 2.45) is 0 Å². The summed E-state index contributed by atoms with van der Waals surface area (Å²) < 4.78 is 1.41. The second-order valence-corrected chi connectivity index (χ2v) is 5.11. The molecule has 2 aromatic heterocycles. The number of aryl methyl sites for hydroxylation is 2. The van der Waals surface area contributed by atoms with Crippen LogP contribution < -0.4 is 10.9 Å². The lowest BCUT2D eigenvalue weighted by Crippen LogP contribution is -2.18. The number of hydrogen-bond acceptors (Lipinski definition) is 4. The van der Waals surface area contributed by atoms with E-state index in [-0.39, 0.29) is 17.4 Å². The monoisotopic (exact) mass is 309 g/mol. The standard InChI is InChI=1S/C16H15N5O2/c1-10-9-14(22)19-16(17-10)21-13(8-11(2)20-21)18-15(23)12-6-4-3-5-7-12/h3-9H,1-2H3,(H,18,23)(H,17,19,22). The van der Waals surface area contributed by atoms with Gasteiger partial charge >= 0.3 is 0 Å². The first kappa shape index (κ1) is 14.7. The molecule has 0 spiro atoms. The van der Waals surface area contributed by atoms with Crippen LogP contribution in [0, 0.1) is 13.8 Å². The Bertz CT molecular complexity index is 912. The first-order chi connectivity index (χ1) is 11.0. The summed E-state index contributed by atoms with van der Waals surface area (Å²) in [5.41, 5.74) is 1.51. The molecular weight excluding hydrogens is 294 g/mol. The Kier molecular flexibility index (Phi) is 3.76. The van der Waals surface area contributed by atoms with Crippen molar-refractivity contribution in [3.63, 3.8) is 0 Å². The Labute approximate surface area is 132 Å². The van der Waals surface area contributed by atoms with Crippen LogP contribution in [0.25, 0.3) is 5.95 Å². The van der Waals surface area contributed by atoms with Crippen molar-refractivity contribution in [3.8, 4) is 5.95 Å². The van der Waals surface area contributed by atoms with Crippen molar-refractivity contribution in [1.82, 2.24) is 19.7 Å². The van der Waals surface area contributed by atoms with Gasteiger partial charge in [0.15, 0.2) is 0 Å². The molecule has 0 aliphatic carbocycles. The van der Waals surface area contributed by atoms with E-state index >= 15 is 0 Å². The van der Waals surface area contributed by atoms with E-state index in [0.29, 0.717) is 22.8 Å². The maximum Gasteiger partial charge on any atom is 0.256 e. The summed E-state index contributed by atoms with van der Waals surface area (Å²) in [7, 11) is 0. The number of carbonyl (C=O) groups is 1. The molecule has 0 atom stereocenters. The van der Waals surface area contributed by atoms with Gasteiger partial charge in [-0.1, -0.05) is 18.2 Å². The number of hydrogen-bond donors (Lipinski definition) is 2. The van der Waals surface area contributed by atoms with Gasteiger partial charge in [0, 0.05) is 23.4 Å². The van der Waals surface area contributed by atoms with Crippen LogP contribution >= 0.6 is 0 Å². The molecule has 7 nitrogen and oxygen atoms in total. The van der Waals surface area contributed by atoms with Crippen molar-refractivity contribution in [1.29, 1.82) is 0 Å². The molecule has 0 unspecified atom stereocenters. The second-order valence-electron chi connectivity index (χ2n) is 5.11. The fourth-order valence-electron chi connectivity index (χ4n) is 2.19. The topological polar surface area (TPSA) is 92.7 Å². The van der Waals surface area contributed by atoms with Gasteiger partial charge in [-0.3, -0.25) is 14.6 Å². The van der Waals surface area contributed by atoms with Crippen LogP contribution in [0.15, 0.2) is 47.3 Å². The van der Waals surface area contributed by atoms with Gasteiger partial charge in [0.2, 0.25) is 5.95 Å². The maximum absolute atomic E-state index is 12.3. The molecular formula is C16H15N5O2. The molecule has 3 aromatic rings. The highest BCUT2D eigenvalue weighted by Crippen LogP contribution is 2.15. The number of carbonyl (C=O) groups excluding carboxylic acids is 1. The van der Waals surface area contributed by atoms with Crippen molar-refractivity contribution in [2.75, 3.05) is 5.32 Å². The minimum Gasteiger partial charge on any atom is -0.306 e. The quantitative estimate of drug-likeness (QED) is 0.772. The van der Waals surface area contributed by atoms with Gasteiger partial charge in [0.25, 0.3) is 11.5 Å². The fraction of sp³-hybridized carbons (Fsp3) is 0.125. The van der Waals surface area contributed by atoms with Gasteiger partial charge in [-0.25, -0.2) is 4.98 Å². The molecule has 1 aromatic carbocycles. The van der Waals surface area contributed by atoms with E-state index in [2.05, 4.69) is 20.4 Å². The molecule has 7 heteroatoms. The number of aromatic amines is 1. The second kappa shape index (κ2) is 5.88. The summed E-state index contributed by atoms with van der Waals surface area (Å²) >= 11 is 0. The van der Waals surface area contributed by atoms with Crippen LogP contribution in [0.3, 0.4) is 0 Å². The molecule has 3 rings (SSSR count). The third-order valence-electron chi connectivity index (χ3n) is 3.17. The Morgan fingerprint density at radius 1 is 1.13 bits per heavy atom.